The predicted molar refractivity (Wildman–Crippen MR) is 51.9 cm³/mol. The molecule has 2 heterocycles. The smallest absolute Gasteiger partial charge is 0.185 e. The highest BCUT2D eigenvalue weighted by molar-refractivity contribution is 6.05. The SMILES string of the molecule is BN1CCC2(CCN(B)C2)C1. The molecule has 2 saturated heterocycles. The summed E-state index contributed by atoms with van der Waals surface area (Å²) in [6.07, 6.45) is 2.85. The lowest BCUT2D eigenvalue weighted by atomic mass is 9.86. The maximum atomic E-state index is 2.47. The fourth-order valence-corrected chi connectivity index (χ4v) is 2.65. The molecule has 2 nitrogen and oxygen atoms in total. The maximum Gasteiger partial charge on any atom is 0.185 e. The van der Waals surface area contributed by atoms with Crippen LogP contribution < -0.4 is 0 Å². The molecule has 2 fully saturated rings. The minimum Gasteiger partial charge on any atom is -0.348 e. The van der Waals surface area contributed by atoms with Crippen molar-refractivity contribution >= 4 is 16.0 Å². The van der Waals surface area contributed by atoms with E-state index in [4.69, 9.17) is 0 Å². The number of hydrogen-bond donors (Lipinski definition) is 0. The van der Waals surface area contributed by atoms with Crippen LogP contribution in [-0.4, -0.2) is 51.8 Å². The molecule has 1 spiro atoms. The molecule has 0 radical (unpaired) electrons. The van der Waals surface area contributed by atoms with Crippen LogP contribution in [0.4, 0.5) is 0 Å². The van der Waals surface area contributed by atoms with Gasteiger partial charge in [0.15, 0.2) is 16.0 Å². The molecule has 11 heavy (non-hydrogen) atoms. The summed E-state index contributed by atoms with van der Waals surface area (Å²) < 4.78 is 0. The summed E-state index contributed by atoms with van der Waals surface area (Å²) in [4.78, 5) is 4.94. The van der Waals surface area contributed by atoms with Gasteiger partial charge in [-0.25, -0.2) is 0 Å². The van der Waals surface area contributed by atoms with Crippen molar-refractivity contribution in [2.75, 3.05) is 26.2 Å². The van der Waals surface area contributed by atoms with Gasteiger partial charge in [-0.1, -0.05) is 0 Å². The quantitative estimate of drug-likeness (QED) is 0.387. The van der Waals surface area contributed by atoms with Gasteiger partial charge < -0.3 is 9.62 Å². The highest BCUT2D eigenvalue weighted by Crippen LogP contribution is 2.37. The van der Waals surface area contributed by atoms with Gasteiger partial charge in [0.2, 0.25) is 0 Å². The summed E-state index contributed by atoms with van der Waals surface area (Å²) >= 11 is 0. The Labute approximate surface area is 70.8 Å². The molecule has 0 N–H and O–H groups in total. The van der Waals surface area contributed by atoms with Crippen molar-refractivity contribution in [3.8, 4) is 0 Å². The van der Waals surface area contributed by atoms with Gasteiger partial charge in [-0.2, -0.15) is 0 Å². The second kappa shape index (κ2) is 2.53. The summed E-state index contributed by atoms with van der Waals surface area (Å²) in [5.74, 6) is 0. The second-order valence-corrected chi connectivity index (χ2v) is 4.48. The van der Waals surface area contributed by atoms with Gasteiger partial charge in [0.1, 0.15) is 0 Å². The average molecular weight is 150 g/mol. The first-order valence-electron chi connectivity index (χ1n) is 4.57. The third-order valence-electron chi connectivity index (χ3n) is 3.26. The van der Waals surface area contributed by atoms with Crippen molar-refractivity contribution in [1.82, 2.24) is 9.62 Å². The lowest BCUT2D eigenvalue weighted by molar-refractivity contribution is 0.325. The molecule has 0 aliphatic carbocycles. The van der Waals surface area contributed by atoms with Gasteiger partial charge in [-0.05, 0) is 44.4 Å². The molecule has 2 aliphatic heterocycles. The molecule has 4 heteroatoms. The molecule has 0 atom stereocenters. The number of nitrogens with zero attached hydrogens (tertiary/aromatic N) is 2. The van der Waals surface area contributed by atoms with Gasteiger partial charge >= 0.3 is 0 Å². The topological polar surface area (TPSA) is 6.48 Å². The van der Waals surface area contributed by atoms with Crippen molar-refractivity contribution in [2.24, 2.45) is 5.41 Å². The van der Waals surface area contributed by atoms with E-state index in [-0.39, 0.29) is 0 Å². The van der Waals surface area contributed by atoms with E-state index in [0.717, 1.165) is 0 Å². The van der Waals surface area contributed by atoms with E-state index in [1.54, 1.807) is 0 Å². The first-order valence-corrected chi connectivity index (χ1v) is 4.57. The van der Waals surface area contributed by atoms with Crippen LogP contribution in [0, 0.1) is 5.41 Å². The van der Waals surface area contributed by atoms with Crippen molar-refractivity contribution in [3.05, 3.63) is 0 Å². The first-order chi connectivity index (χ1) is 5.20. The van der Waals surface area contributed by atoms with Gasteiger partial charge in [-0.15, -0.1) is 0 Å². The lowest BCUT2D eigenvalue weighted by Crippen LogP contribution is -2.28. The Hall–Kier alpha value is 0.0499. The molecule has 0 bridgehead atoms. The molecular weight excluding hydrogens is 134 g/mol. The van der Waals surface area contributed by atoms with Crippen molar-refractivity contribution in [3.63, 3.8) is 0 Å². The van der Waals surface area contributed by atoms with E-state index < -0.39 is 0 Å². The third kappa shape index (κ3) is 1.34. The van der Waals surface area contributed by atoms with Crippen LogP contribution in [0.5, 0.6) is 0 Å². The Kier molecular flexibility index (Phi) is 1.77. The summed E-state index contributed by atoms with van der Waals surface area (Å²) in [7, 11) is 4.49. The predicted octanol–water partition coefficient (Wildman–Crippen LogP) is -1.52. The van der Waals surface area contributed by atoms with Crippen molar-refractivity contribution in [1.29, 1.82) is 0 Å². The Morgan fingerprint density at radius 2 is 1.36 bits per heavy atom. The largest absolute Gasteiger partial charge is 0.348 e. The van der Waals surface area contributed by atoms with Gasteiger partial charge in [0, 0.05) is 0 Å². The highest BCUT2D eigenvalue weighted by atomic mass is 15.1. The molecule has 2 aliphatic rings. The average Bonchev–Trinajstić information content (AvgIpc) is 2.44. The molecule has 0 amide bonds. The van der Waals surface area contributed by atoms with Gasteiger partial charge in [0.25, 0.3) is 0 Å². The molecule has 0 saturated carbocycles. The first kappa shape index (κ1) is 7.69. The van der Waals surface area contributed by atoms with E-state index in [2.05, 4.69) is 25.6 Å². The van der Waals surface area contributed by atoms with Crippen LogP contribution >= 0.6 is 0 Å². The molecule has 0 aromatic carbocycles. The standard InChI is InChI=1S/C7H16B2N2/c8-10-3-1-7(5-10)2-4-11(9)6-7/h1-6,8-9H2. The lowest BCUT2D eigenvalue weighted by Gasteiger charge is -2.22. The summed E-state index contributed by atoms with van der Waals surface area (Å²) in [5.41, 5.74) is 0.684. The Balaban J connectivity index is 2.02. The van der Waals surface area contributed by atoms with E-state index in [0.29, 0.717) is 5.41 Å². The molecule has 60 valence electrons. The van der Waals surface area contributed by atoms with Crippen LogP contribution in [0.25, 0.3) is 0 Å². The molecule has 0 unspecified atom stereocenters. The Bertz CT molecular complexity index is 145. The highest BCUT2D eigenvalue weighted by Gasteiger charge is 2.40. The molecule has 0 aromatic rings. The van der Waals surface area contributed by atoms with Crippen LogP contribution in [0.1, 0.15) is 12.8 Å². The van der Waals surface area contributed by atoms with Crippen LogP contribution in [0.15, 0.2) is 0 Å². The fourth-order valence-electron chi connectivity index (χ4n) is 2.65. The fraction of sp³-hybridized carbons (Fsp3) is 1.00. The van der Waals surface area contributed by atoms with Crippen LogP contribution in [-0.2, 0) is 0 Å². The maximum absolute atomic E-state index is 2.47. The number of rotatable bonds is 0. The van der Waals surface area contributed by atoms with Crippen molar-refractivity contribution in [2.45, 2.75) is 12.8 Å². The van der Waals surface area contributed by atoms with Crippen LogP contribution in [0.2, 0.25) is 0 Å². The zero-order valence-corrected chi connectivity index (χ0v) is 7.64. The van der Waals surface area contributed by atoms with E-state index in [9.17, 15) is 0 Å². The Morgan fingerprint density at radius 1 is 0.909 bits per heavy atom. The summed E-state index contributed by atoms with van der Waals surface area (Å²) in [5, 5.41) is 0. The monoisotopic (exact) mass is 150 g/mol. The molecular formula is C7H16B2N2. The zero-order valence-electron chi connectivity index (χ0n) is 7.64. The van der Waals surface area contributed by atoms with E-state index in [1.165, 1.54) is 39.0 Å². The van der Waals surface area contributed by atoms with Crippen LogP contribution in [0.3, 0.4) is 0 Å². The molecule has 2 rings (SSSR count). The summed E-state index contributed by atoms with van der Waals surface area (Å²) in [6, 6.07) is 0. The van der Waals surface area contributed by atoms with Gasteiger partial charge in [-0.3, -0.25) is 0 Å². The van der Waals surface area contributed by atoms with Crippen molar-refractivity contribution < 1.29 is 0 Å². The second-order valence-electron chi connectivity index (χ2n) is 4.48. The number of hydrogen-bond acceptors (Lipinski definition) is 2. The molecule has 0 aromatic heterocycles. The minimum atomic E-state index is 0.684. The van der Waals surface area contributed by atoms with Gasteiger partial charge in [0.05, 0.1) is 0 Å². The third-order valence-corrected chi connectivity index (χ3v) is 3.26. The summed E-state index contributed by atoms with van der Waals surface area (Å²) in [6.45, 7) is 5.29. The zero-order chi connectivity index (χ0) is 7.90. The Morgan fingerprint density at radius 3 is 1.64 bits per heavy atom. The minimum absolute atomic E-state index is 0.684. The normalized spacial score (nSPS) is 32.0. The van der Waals surface area contributed by atoms with E-state index in [1.807, 2.05) is 0 Å². The van der Waals surface area contributed by atoms with E-state index >= 15 is 0 Å².